The van der Waals surface area contributed by atoms with E-state index in [-0.39, 0.29) is 5.82 Å². The predicted octanol–water partition coefficient (Wildman–Crippen LogP) is 3.41. The Hall–Kier alpha value is -0.930. The highest BCUT2D eigenvalue weighted by Gasteiger charge is 2.06. The van der Waals surface area contributed by atoms with E-state index in [0.29, 0.717) is 0 Å². The van der Waals surface area contributed by atoms with Crippen LogP contribution >= 0.6 is 0 Å². The van der Waals surface area contributed by atoms with Gasteiger partial charge in [-0.3, -0.25) is 0 Å². The van der Waals surface area contributed by atoms with Gasteiger partial charge in [0.05, 0.1) is 0 Å². The van der Waals surface area contributed by atoms with Crippen LogP contribution in [0.4, 0.5) is 4.39 Å². The number of halogens is 1. The molecule has 0 aromatic heterocycles. The van der Waals surface area contributed by atoms with Crippen molar-refractivity contribution in [2.45, 2.75) is 39.2 Å². The summed E-state index contributed by atoms with van der Waals surface area (Å²) >= 11 is 0. The minimum Gasteiger partial charge on any atom is -0.330 e. The predicted molar refractivity (Wildman–Crippen MR) is 79.4 cm³/mol. The molecule has 1 rings (SSSR count). The summed E-state index contributed by atoms with van der Waals surface area (Å²) in [4.78, 5) is 2.29. The van der Waals surface area contributed by atoms with Gasteiger partial charge in [-0.15, -0.1) is 0 Å². The molecule has 0 heterocycles. The quantitative estimate of drug-likeness (QED) is 0.742. The molecule has 1 atom stereocenters. The second-order valence-corrected chi connectivity index (χ2v) is 5.36. The van der Waals surface area contributed by atoms with Gasteiger partial charge in [-0.05, 0) is 63.0 Å². The molecule has 0 aliphatic carbocycles. The molecule has 0 radical (unpaired) electrons. The average molecular weight is 266 g/mol. The first-order valence-corrected chi connectivity index (χ1v) is 7.28. The van der Waals surface area contributed by atoms with Crippen LogP contribution in [0.15, 0.2) is 24.3 Å². The van der Waals surface area contributed by atoms with Crippen LogP contribution in [0.1, 0.15) is 38.2 Å². The summed E-state index contributed by atoms with van der Waals surface area (Å²) < 4.78 is 12.8. The molecule has 0 saturated heterocycles. The summed E-state index contributed by atoms with van der Waals surface area (Å²) in [6, 6.07) is 6.76. The maximum atomic E-state index is 12.8. The molecule has 0 aliphatic rings. The lowest BCUT2D eigenvalue weighted by Gasteiger charge is -2.19. The first-order chi connectivity index (χ1) is 9.15. The third kappa shape index (κ3) is 6.69. The second kappa shape index (κ2) is 9.05. The zero-order valence-corrected chi connectivity index (χ0v) is 12.2. The van der Waals surface area contributed by atoms with Crippen molar-refractivity contribution in [1.82, 2.24) is 4.90 Å². The van der Waals surface area contributed by atoms with Gasteiger partial charge in [0, 0.05) is 6.54 Å². The molecular weight excluding hydrogens is 239 g/mol. The lowest BCUT2D eigenvalue weighted by molar-refractivity contribution is 0.300. The molecule has 0 bridgehead atoms. The van der Waals surface area contributed by atoms with Gasteiger partial charge in [-0.2, -0.15) is 0 Å². The summed E-state index contributed by atoms with van der Waals surface area (Å²) in [5.74, 6) is 0.600. The highest BCUT2D eigenvalue weighted by Crippen LogP contribution is 2.15. The summed E-state index contributed by atoms with van der Waals surface area (Å²) in [7, 11) is 2.12. The van der Waals surface area contributed by atoms with Gasteiger partial charge in [0.1, 0.15) is 5.82 Å². The molecule has 108 valence electrons. The monoisotopic (exact) mass is 266 g/mol. The van der Waals surface area contributed by atoms with Crippen molar-refractivity contribution in [3.05, 3.63) is 35.6 Å². The van der Waals surface area contributed by atoms with Crippen molar-refractivity contribution in [2.75, 3.05) is 20.1 Å². The Bertz CT molecular complexity index is 337. The van der Waals surface area contributed by atoms with Crippen molar-refractivity contribution < 1.29 is 4.39 Å². The second-order valence-electron chi connectivity index (χ2n) is 5.36. The number of hydrogen-bond acceptors (Lipinski definition) is 2. The first kappa shape index (κ1) is 16.1. The van der Waals surface area contributed by atoms with E-state index < -0.39 is 0 Å². The van der Waals surface area contributed by atoms with Gasteiger partial charge in [0.25, 0.3) is 0 Å². The molecule has 2 N–H and O–H groups in total. The van der Waals surface area contributed by atoms with Crippen LogP contribution in [0, 0.1) is 11.7 Å². The molecule has 1 aromatic carbocycles. The van der Waals surface area contributed by atoms with Crippen molar-refractivity contribution in [1.29, 1.82) is 0 Å². The molecule has 0 fully saturated rings. The molecule has 3 heteroatoms. The van der Waals surface area contributed by atoms with Crippen LogP contribution < -0.4 is 5.73 Å². The van der Waals surface area contributed by atoms with E-state index in [9.17, 15) is 4.39 Å². The molecule has 0 saturated carbocycles. The van der Waals surface area contributed by atoms with E-state index >= 15 is 0 Å². The van der Waals surface area contributed by atoms with Gasteiger partial charge in [-0.25, -0.2) is 4.39 Å². The lowest BCUT2D eigenvalue weighted by Crippen LogP contribution is -2.20. The van der Waals surface area contributed by atoms with Gasteiger partial charge in [0.2, 0.25) is 0 Å². The van der Waals surface area contributed by atoms with Crippen LogP contribution in [0.3, 0.4) is 0 Å². The fraction of sp³-hybridized carbons (Fsp3) is 0.625. The number of hydrogen-bond donors (Lipinski definition) is 1. The van der Waals surface area contributed by atoms with Crippen LogP contribution in [0.2, 0.25) is 0 Å². The Labute approximate surface area is 116 Å². The Morgan fingerprint density at radius 2 is 1.89 bits per heavy atom. The number of benzene rings is 1. The largest absolute Gasteiger partial charge is 0.330 e. The zero-order chi connectivity index (χ0) is 14.1. The number of nitrogens with zero attached hydrogens (tertiary/aromatic N) is 1. The van der Waals surface area contributed by atoms with E-state index in [0.717, 1.165) is 37.5 Å². The van der Waals surface area contributed by atoms with Gasteiger partial charge < -0.3 is 10.6 Å². The summed E-state index contributed by atoms with van der Waals surface area (Å²) in [5, 5.41) is 0. The Morgan fingerprint density at radius 3 is 2.47 bits per heavy atom. The normalized spacial score (nSPS) is 12.9. The third-order valence-corrected chi connectivity index (χ3v) is 3.67. The van der Waals surface area contributed by atoms with Crippen LogP contribution in [0.5, 0.6) is 0 Å². The van der Waals surface area contributed by atoms with Gasteiger partial charge >= 0.3 is 0 Å². The molecule has 1 unspecified atom stereocenters. The molecule has 0 amide bonds. The lowest BCUT2D eigenvalue weighted by atomic mass is 9.96. The minimum absolute atomic E-state index is 0.168. The third-order valence-electron chi connectivity index (χ3n) is 3.67. The SMILES string of the molecule is CCC(CCN)CCCN(C)Cc1ccc(F)cc1. The number of rotatable bonds is 9. The topological polar surface area (TPSA) is 29.3 Å². The average Bonchev–Trinajstić information content (AvgIpc) is 2.40. The molecule has 19 heavy (non-hydrogen) atoms. The van der Waals surface area contributed by atoms with Crippen molar-refractivity contribution >= 4 is 0 Å². The van der Waals surface area contributed by atoms with Gasteiger partial charge in [0.15, 0.2) is 0 Å². The van der Waals surface area contributed by atoms with E-state index in [1.54, 1.807) is 0 Å². The maximum absolute atomic E-state index is 12.8. The summed E-state index contributed by atoms with van der Waals surface area (Å²) in [6.45, 7) is 5.00. The Kier molecular flexibility index (Phi) is 7.68. The fourth-order valence-corrected chi connectivity index (χ4v) is 2.42. The van der Waals surface area contributed by atoms with Crippen LogP contribution in [-0.2, 0) is 6.54 Å². The fourth-order valence-electron chi connectivity index (χ4n) is 2.42. The first-order valence-electron chi connectivity index (χ1n) is 7.28. The van der Waals surface area contributed by atoms with Crippen LogP contribution in [-0.4, -0.2) is 25.0 Å². The molecule has 0 aliphatic heterocycles. The van der Waals surface area contributed by atoms with Gasteiger partial charge in [-0.1, -0.05) is 25.5 Å². The minimum atomic E-state index is -0.168. The number of nitrogens with two attached hydrogens (primary N) is 1. The van der Waals surface area contributed by atoms with Crippen LogP contribution in [0.25, 0.3) is 0 Å². The van der Waals surface area contributed by atoms with Crippen molar-refractivity contribution in [3.8, 4) is 0 Å². The molecule has 1 aromatic rings. The Balaban J connectivity index is 2.23. The highest BCUT2D eigenvalue weighted by atomic mass is 19.1. The molecular formula is C16H27FN2. The zero-order valence-electron chi connectivity index (χ0n) is 12.2. The van der Waals surface area contributed by atoms with E-state index in [1.807, 2.05) is 12.1 Å². The smallest absolute Gasteiger partial charge is 0.123 e. The summed E-state index contributed by atoms with van der Waals surface area (Å²) in [5.41, 5.74) is 6.77. The Morgan fingerprint density at radius 1 is 1.21 bits per heavy atom. The summed E-state index contributed by atoms with van der Waals surface area (Å²) in [6.07, 6.45) is 4.81. The van der Waals surface area contributed by atoms with E-state index in [4.69, 9.17) is 5.73 Å². The van der Waals surface area contributed by atoms with E-state index in [1.165, 1.54) is 31.4 Å². The highest BCUT2D eigenvalue weighted by molar-refractivity contribution is 5.15. The molecule has 2 nitrogen and oxygen atoms in total. The molecule has 0 spiro atoms. The van der Waals surface area contributed by atoms with Crippen molar-refractivity contribution in [2.24, 2.45) is 11.7 Å². The van der Waals surface area contributed by atoms with Crippen molar-refractivity contribution in [3.63, 3.8) is 0 Å². The maximum Gasteiger partial charge on any atom is 0.123 e. The standard InChI is InChI=1S/C16H27FN2/c1-3-14(10-11-18)5-4-12-19(2)13-15-6-8-16(17)9-7-15/h6-9,14H,3-5,10-13,18H2,1-2H3. The van der Waals surface area contributed by atoms with E-state index in [2.05, 4.69) is 18.9 Å².